The third-order valence-electron chi connectivity index (χ3n) is 3.36. The number of hydrogen-bond donors (Lipinski definition) is 3. The molecule has 8 heteroatoms. The fourth-order valence-corrected chi connectivity index (χ4v) is 3.93. The van der Waals surface area contributed by atoms with E-state index < -0.39 is 5.72 Å². The van der Waals surface area contributed by atoms with Crippen LogP contribution in [0.2, 0.25) is 0 Å². The largest absolute Gasteiger partial charge is 0.396 e. The van der Waals surface area contributed by atoms with E-state index in [9.17, 15) is 5.11 Å². The number of aliphatic hydroxyl groups is 2. The van der Waals surface area contributed by atoms with Crippen LogP contribution in [0.3, 0.4) is 0 Å². The standard InChI is InChI=1S/C12H18N4O2S2/c1-7-14-5-8(10(13)15-7)6-16-11(19)20-9(3-4-17)12(16,2)18/h5,9,17-18H,3-4,6H2,1-2H3,(H2,13,14,15). The van der Waals surface area contributed by atoms with Gasteiger partial charge in [-0.05, 0) is 20.3 Å². The second-order valence-electron chi connectivity index (χ2n) is 4.89. The second kappa shape index (κ2) is 5.80. The molecule has 1 aromatic rings. The number of nitrogens with two attached hydrogens (primary N) is 1. The number of aromatic nitrogens is 2. The van der Waals surface area contributed by atoms with Crippen LogP contribution < -0.4 is 5.73 Å². The molecule has 2 heterocycles. The van der Waals surface area contributed by atoms with Gasteiger partial charge in [0.05, 0.1) is 11.8 Å². The summed E-state index contributed by atoms with van der Waals surface area (Å²) in [5.74, 6) is 1.00. The maximum absolute atomic E-state index is 10.6. The molecule has 0 radical (unpaired) electrons. The molecular formula is C12H18N4O2S2. The number of nitrogen functional groups attached to an aromatic ring is 1. The Morgan fingerprint density at radius 2 is 2.30 bits per heavy atom. The fourth-order valence-electron chi connectivity index (χ4n) is 2.13. The normalized spacial score (nSPS) is 26.3. The minimum Gasteiger partial charge on any atom is -0.396 e. The van der Waals surface area contributed by atoms with E-state index in [4.69, 9.17) is 23.1 Å². The zero-order valence-electron chi connectivity index (χ0n) is 11.4. The first-order chi connectivity index (χ1) is 9.36. The van der Waals surface area contributed by atoms with Crippen molar-refractivity contribution < 1.29 is 10.2 Å². The number of aliphatic hydroxyl groups excluding tert-OH is 1. The maximum Gasteiger partial charge on any atom is 0.148 e. The molecule has 0 aromatic carbocycles. The van der Waals surface area contributed by atoms with E-state index in [0.717, 1.165) is 5.56 Å². The molecule has 1 aromatic heterocycles. The van der Waals surface area contributed by atoms with Crippen LogP contribution in [0.25, 0.3) is 0 Å². The average molecular weight is 314 g/mol. The van der Waals surface area contributed by atoms with Gasteiger partial charge in [0.2, 0.25) is 0 Å². The summed E-state index contributed by atoms with van der Waals surface area (Å²) in [6, 6.07) is 0. The van der Waals surface area contributed by atoms with E-state index in [1.807, 2.05) is 0 Å². The lowest BCUT2D eigenvalue weighted by atomic mass is 10.1. The average Bonchev–Trinajstić information content (AvgIpc) is 2.56. The first-order valence-electron chi connectivity index (χ1n) is 6.25. The van der Waals surface area contributed by atoms with Crippen LogP contribution in [-0.4, -0.2) is 47.0 Å². The van der Waals surface area contributed by atoms with Crippen LogP contribution in [-0.2, 0) is 6.54 Å². The molecule has 0 saturated carbocycles. The van der Waals surface area contributed by atoms with Crippen molar-refractivity contribution in [2.45, 2.75) is 37.8 Å². The number of thiocarbonyl (C=S) groups is 1. The Morgan fingerprint density at radius 3 is 2.90 bits per heavy atom. The molecular weight excluding hydrogens is 296 g/mol. The smallest absolute Gasteiger partial charge is 0.148 e. The van der Waals surface area contributed by atoms with Crippen LogP contribution in [0, 0.1) is 6.92 Å². The van der Waals surface area contributed by atoms with E-state index in [-0.39, 0.29) is 11.9 Å². The van der Waals surface area contributed by atoms with Gasteiger partial charge in [0.15, 0.2) is 0 Å². The van der Waals surface area contributed by atoms with Crippen LogP contribution >= 0.6 is 24.0 Å². The van der Waals surface area contributed by atoms with Crippen molar-refractivity contribution >= 4 is 34.1 Å². The van der Waals surface area contributed by atoms with Crippen molar-refractivity contribution in [3.63, 3.8) is 0 Å². The highest BCUT2D eigenvalue weighted by Crippen LogP contribution is 2.41. The topological polar surface area (TPSA) is 95.5 Å². The zero-order chi connectivity index (χ0) is 14.9. The summed E-state index contributed by atoms with van der Waals surface area (Å²) < 4.78 is 0.591. The first kappa shape index (κ1) is 15.4. The minimum absolute atomic E-state index is 0.0139. The van der Waals surface area contributed by atoms with Gasteiger partial charge in [0, 0.05) is 18.4 Å². The van der Waals surface area contributed by atoms with E-state index in [2.05, 4.69) is 9.97 Å². The molecule has 2 unspecified atom stereocenters. The van der Waals surface area contributed by atoms with E-state index >= 15 is 0 Å². The van der Waals surface area contributed by atoms with Gasteiger partial charge in [0.1, 0.15) is 21.7 Å². The van der Waals surface area contributed by atoms with Gasteiger partial charge in [-0.1, -0.05) is 24.0 Å². The van der Waals surface area contributed by atoms with Crippen molar-refractivity contribution in [2.24, 2.45) is 0 Å². The van der Waals surface area contributed by atoms with Crippen molar-refractivity contribution in [2.75, 3.05) is 12.3 Å². The molecule has 1 saturated heterocycles. The third kappa shape index (κ3) is 2.88. The Labute approximate surface area is 127 Å². The number of aryl methyl sites for hydroxylation is 1. The molecule has 2 atom stereocenters. The summed E-state index contributed by atoms with van der Waals surface area (Å²) in [4.78, 5) is 9.94. The first-order valence-corrected chi connectivity index (χ1v) is 7.54. The van der Waals surface area contributed by atoms with Crippen molar-refractivity contribution in [3.05, 3.63) is 17.6 Å². The van der Waals surface area contributed by atoms with Crippen molar-refractivity contribution in [1.29, 1.82) is 0 Å². The van der Waals surface area contributed by atoms with Gasteiger partial charge < -0.3 is 20.8 Å². The zero-order valence-corrected chi connectivity index (χ0v) is 13.0. The molecule has 0 amide bonds. The highest BCUT2D eigenvalue weighted by Gasteiger charge is 2.46. The van der Waals surface area contributed by atoms with Crippen molar-refractivity contribution in [1.82, 2.24) is 14.9 Å². The fraction of sp³-hybridized carbons (Fsp3) is 0.583. The molecule has 20 heavy (non-hydrogen) atoms. The SMILES string of the molecule is Cc1ncc(CN2C(=S)SC(CCO)C2(C)O)c(N)n1. The van der Waals surface area contributed by atoms with E-state index in [0.29, 0.717) is 28.9 Å². The molecule has 4 N–H and O–H groups in total. The van der Waals surface area contributed by atoms with Gasteiger partial charge in [-0.15, -0.1) is 0 Å². The number of thioether (sulfide) groups is 1. The minimum atomic E-state index is -1.12. The summed E-state index contributed by atoms with van der Waals surface area (Å²) in [7, 11) is 0. The Hall–Kier alpha value is -0.960. The molecule has 0 aliphatic carbocycles. The predicted octanol–water partition coefficient (Wildman–Crippen LogP) is 0.660. The number of anilines is 1. The Morgan fingerprint density at radius 1 is 1.60 bits per heavy atom. The monoisotopic (exact) mass is 314 g/mol. The van der Waals surface area contributed by atoms with Crippen molar-refractivity contribution in [3.8, 4) is 0 Å². The van der Waals surface area contributed by atoms with Crippen LogP contribution in [0.15, 0.2) is 6.20 Å². The maximum atomic E-state index is 10.6. The summed E-state index contributed by atoms with van der Waals surface area (Å²) in [5.41, 5.74) is 5.48. The summed E-state index contributed by atoms with van der Waals surface area (Å²) >= 11 is 6.71. The predicted molar refractivity (Wildman–Crippen MR) is 83.0 cm³/mol. The van der Waals surface area contributed by atoms with Crippen LogP contribution in [0.5, 0.6) is 0 Å². The Bertz CT molecular complexity index is 524. The summed E-state index contributed by atoms with van der Waals surface area (Å²) in [6.07, 6.45) is 2.13. The Balaban J connectivity index is 2.22. The molecule has 0 spiro atoms. The van der Waals surface area contributed by atoms with Crippen LogP contribution in [0.1, 0.15) is 24.7 Å². The highest BCUT2D eigenvalue weighted by atomic mass is 32.2. The number of nitrogens with zero attached hydrogens (tertiary/aromatic N) is 3. The summed E-state index contributed by atoms with van der Waals surface area (Å²) in [6.45, 7) is 3.84. The van der Waals surface area contributed by atoms with E-state index in [1.165, 1.54) is 11.8 Å². The lowest BCUT2D eigenvalue weighted by Gasteiger charge is -2.34. The van der Waals surface area contributed by atoms with Gasteiger partial charge in [0.25, 0.3) is 0 Å². The molecule has 1 aliphatic rings. The molecule has 1 aliphatic heterocycles. The van der Waals surface area contributed by atoms with Gasteiger partial charge in [-0.3, -0.25) is 0 Å². The summed E-state index contributed by atoms with van der Waals surface area (Å²) in [5, 5.41) is 19.6. The molecule has 110 valence electrons. The second-order valence-corrected chi connectivity index (χ2v) is 6.73. The van der Waals surface area contributed by atoms with Gasteiger partial charge in [-0.25, -0.2) is 9.97 Å². The third-order valence-corrected chi connectivity index (χ3v) is 5.26. The molecule has 2 rings (SSSR count). The lowest BCUT2D eigenvalue weighted by molar-refractivity contribution is -0.0529. The van der Waals surface area contributed by atoms with E-state index in [1.54, 1.807) is 24.9 Å². The quantitative estimate of drug-likeness (QED) is 0.698. The van der Waals surface area contributed by atoms with Crippen LogP contribution in [0.4, 0.5) is 5.82 Å². The van der Waals surface area contributed by atoms with Gasteiger partial charge >= 0.3 is 0 Å². The molecule has 1 fully saturated rings. The lowest BCUT2D eigenvalue weighted by Crippen LogP contribution is -2.48. The Kier molecular flexibility index (Phi) is 4.48. The molecule has 6 nitrogen and oxygen atoms in total. The number of hydrogen-bond acceptors (Lipinski definition) is 7. The highest BCUT2D eigenvalue weighted by molar-refractivity contribution is 8.23. The number of rotatable bonds is 4. The van der Waals surface area contributed by atoms with Gasteiger partial charge in [-0.2, -0.15) is 0 Å². The molecule has 0 bridgehead atoms.